The molecule has 0 heterocycles. The van der Waals surface area contributed by atoms with Gasteiger partial charge in [-0.15, -0.1) is 0 Å². The molecule has 4 heteroatoms. The molecule has 0 radical (unpaired) electrons. The van der Waals surface area contributed by atoms with Gasteiger partial charge >= 0.3 is 0 Å². The van der Waals surface area contributed by atoms with E-state index in [0.29, 0.717) is 18.4 Å². The summed E-state index contributed by atoms with van der Waals surface area (Å²) in [6.45, 7) is 5.09. The van der Waals surface area contributed by atoms with Crippen LogP contribution >= 0.6 is 15.9 Å². The lowest BCUT2D eigenvalue weighted by atomic mass is 10.3. The largest absolute Gasteiger partial charge is 0.488 e. The summed E-state index contributed by atoms with van der Waals surface area (Å²) < 4.78 is 19.3. The van der Waals surface area contributed by atoms with E-state index in [1.54, 1.807) is 6.07 Å². The van der Waals surface area contributed by atoms with E-state index in [2.05, 4.69) is 27.8 Å². The van der Waals surface area contributed by atoms with Crippen LogP contribution in [0.15, 0.2) is 34.8 Å². The summed E-state index contributed by atoms with van der Waals surface area (Å²) in [6.07, 6.45) is 2.51. The highest BCUT2D eigenvalue weighted by Crippen LogP contribution is 2.25. The molecule has 1 aromatic rings. The number of nitrogens with one attached hydrogen (secondary N) is 1. The minimum atomic E-state index is -0.301. The van der Waals surface area contributed by atoms with Gasteiger partial charge in [-0.05, 0) is 46.5 Å². The Bertz CT molecular complexity index is 418. The zero-order valence-electron chi connectivity index (χ0n) is 9.51. The topological polar surface area (TPSA) is 21.3 Å². The van der Waals surface area contributed by atoms with Gasteiger partial charge in [0.05, 0.1) is 4.47 Å². The molecule has 1 saturated carbocycles. The van der Waals surface area contributed by atoms with E-state index in [1.165, 1.54) is 25.0 Å². The van der Waals surface area contributed by atoms with Crippen molar-refractivity contribution in [3.05, 3.63) is 40.6 Å². The van der Waals surface area contributed by atoms with Crippen LogP contribution in [0.5, 0.6) is 5.75 Å². The fraction of sp³-hybridized carbons (Fsp3) is 0.385. The molecule has 1 aromatic carbocycles. The lowest BCUT2D eigenvalue weighted by Crippen LogP contribution is -2.21. The highest BCUT2D eigenvalue weighted by atomic mass is 79.9. The summed E-state index contributed by atoms with van der Waals surface area (Å²) in [5.41, 5.74) is 0.966. The molecule has 0 aromatic heterocycles. The Hall–Kier alpha value is -0.870. The smallest absolute Gasteiger partial charge is 0.136 e. The van der Waals surface area contributed by atoms with Gasteiger partial charge in [0.2, 0.25) is 0 Å². The van der Waals surface area contributed by atoms with E-state index in [4.69, 9.17) is 4.74 Å². The first-order valence-corrected chi connectivity index (χ1v) is 6.42. The van der Waals surface area contributed by atoms with Crippen molar-refractivity contribution in [2.45, 2.75) is 18.9 Å². The fourth-order valence-electron chi connectivity index (χ4n) is 1.39. The van der Waals surface area contributed by atoms with E-state index in [0.717, 1.165) is 16.6 Å². The molecule has 1 aliphatic rings. The first-order chi connectivity index (χ1) is 8.15. The summed E-state index contributed by atoms with van der Waals surface area (Å²) >= 11 is 3.32. The molecule has 0 amide bonds. The molecule has 0 saturated heterocycles. The zero-order valence-corrected chi connectivity index (χ0v) is 11.1. The zero-order chi connectivity index (χ0) is 12.3. The predicted octanol–water partition coefficient (Wildman–Crippen LogP) is 3.28. The van der Waals surface area contributed by atoms with Gasteiger partial charge in [-0.1, -0.05) is 6.58 Å². The highest BCUT2D eigenvalue weighted by molar-refractivity contribution is 9.10. The van der Waals surface area contributed by atoms with Gasteiger partial charge < -0.3 is 10.1 Å². The SMILES string of the molecule is C=C(CNC1CC1)COc1cc(F)ccc1Br. The van der Waals surface area contributed by atoms with Crippen molar-refractivity contribution in [1.29, 1.82) is 0 Å². The first kappa shape index (κ1) is 12.6. The number of hydrogen-bond donors (Lipinski definition) is 1. The van der Waals surface area contributed by atoms with Gasteiger partial charge in [-0.25, -0.2) is 4.39 Å². The Morgan fingerprint density at radius 3 is 3.00 bits per heavy atom. The summed E-state index contributed by atoms with van der Waals surface area (Å²) in [6, 6.07) is 5.05. The van der Waals surface area contributed by atoms with Crippen LogP contribution in [0, 0.1) is 5.82 Å². The second kappa shape index (κ2) is 5.65. The molecule has 0 aliphatic heterocycles. The van der Waals surface area contributed by atoms with Crippen molar-refractivity contribution in [3.63, 3.8) is 0 Å². The maximum Gasteiger partial charge on any atom is 0.136 e. The molecule has 0 unspecified atom stereocenters. The minimum absolute atomic E-state index is 0.301. The minimum Gasteiger partial charge on any atom is -0.488 e. The van der Waals surface area contributed by atoms with Crippen molar-refractivity contribution < 1.29 is 9.13 Å². The van der Waals surface area contributed by atoms with Crippen LogP contribution in [0.2, 0.25) is 0 Å². The van der Waals surface area contributed by atoms with E-state index in [-0.39, 0.29) is 5.82 Å². The fourth-order valence-corrected chi connectivity index (χ4v) is 1.76. The number of rotatable bonds is 6. The van der Waals surface area contributed by atoms with E-state index < -0.39 is 0 Å². The highest BCUT2D eigenvalue weighted by Gasteiger charge is 2.20. The summed E-state index contributed by atoms with van der Waals surface area (Å²) in [4.78, 5) is 0. The third-order valence-electron chi connectivity index (χ3n) is 2.54. The number of benzene rings is 1. The van der Waals surface area contributed by atoms with Crippen LogP contribution in [-0.2, 0) is 0 Å². The van der Waals surface area contributed by atoms with Crippen LogP contribution in [0.4, 0.5) is 4.39 Å². The van der Waals surface area contributed by atoms with Crippen molar-refractivity contribution in [2.24, 2.45) is 0 Å². The molecule has 1 aliphatic carbocycles. The molecule has 0 spiro atoms. The number of ether oxygens (including phenoxy) is 1. The Kier molecular flexibility index (Phi) is 4.18. The maximum absolute atomic E-state index is 13.0. The summed E-state index contributed by atoms with van der Waals surface area (Å²) in [7, 11) is 0. The third-order valence-corrected chi connectivity index (χ3v) is 3.20. The molecule has 2 nitrogen and oxygen atoms in total. The Balaban J connectivity index is 1.79. The number of halogens is 2. The molecule has 17 heavy (non-hydrogen) atoms. The quantitative estimate of drug-likeness (QED) is 0.814. The van der Waals surface area contributed by atoms with Crippen LogP contribution in [0.3, 0.4) is 0 Å². The van der Waals surface area contributed by atoms with Crippen molar-refractivity contribution in [3.8, 4) is 5.75 Å². The lowest BCUT2D eigenvalue weighted by molar-refractivity contribution is 0.344. The Morgan fingerprint density at radius 1 is 1.53 bits per heavy atom. The second-order valence-electron chi connectivity index (χ2n) is 4.27. The van der Waals surface area contributed by atoms with Crippen molar-refractivity contribution in [1.82, 2.24) is 5.32 Å². The van der Waals surface area contributed by atoms with E-state index >= 15 is 0 Å². The normalized spacial score (nSPS) is 14.7. The van der Waals surface area contributed by atoms with Gasteiger partial charge in [-0.2, -0.15) is 0 Å². The Labute approximate surface area is 109 Å². The molecule has 2 rings (SSSR count). The van der Waals surface area contributed by atoms with Crippen molar-refractivity contribution in [2.75, 3.05) is 13.2 Å². The molecule has 0 bridgehead atoms. The average molecular weight is 300 g/mol. The predicted molar refractivity (Wildman–Crippen MR) is 69.8 cm³/mol. The molecular formula is C13H15BrFNO. The van der Waals surface area contributed by atoms with Gasteiger partial charge in [0, 0.05) is 18.7 Å². The third kappa shape index (κ3) is 4.13. The van der Waals surface area contributed by atoms with Crippen LogP contribution in [0.25, 0.3) is 0 Å². The van der Waals surface area contributed by atoms with E-state index in [1.807, 2.05) is 0 Å². The Morgan fingerprint density at radius 2 is 2.29 bits per heavy atom. The standard InChI is InChI=1S/C13H15BrFNO/c1-9(7-16-11-3-4-11)8-17-13-6-10(15)2-5-12(13)14/h2,5-6,11,16H,1,3-4,7-8H2. The lowest BCUT2D eigenvalue weighted by Gasteiger charge is -2.10. The maximum atomic E-state index is 13.0. The van der Waals surface area contributed by atoms with Gasteiger partial charge in [0.15, 0.2) is 0 Å². The van der Waals surface area contributed by atoms with Crippen LogP contribution < -0.4 is 10.1 Å². The molecule has 92 valence electrons. The number of hydrogen-bond acceptors (Lipinski definition) is 2. The average Bonchev–Trinajstić information content (AvgIpc) is 3.11. The summed E-state index contributed by atoms with van der Waals surface area (Å²) in [5, 5.41) is 3.35. The van der Waals surface area contributed by atoms with Gasteiger partial charge in [-0.3, -0.25) is 0 Å². The second-order valence-corrected chi connectivity index (χ2v) is 5.12. The molecule has 0 atom stereocenters. The van der Waals surface area contributed by atoms with Crippen LogP contribution in [0.1, 0.15) is 12.8 Å². The van der Waals surface area contributed by atoms with Crippen molar-refractivity contribution >= 4 is 15.9 Å². The molecular weight excluding hydrogens is 285 g/mol. The molecule has 1 N–H and O–H groups in total. The van der Waals surface area contributed by atoms with Gasteiger partial charge in [0.25, 0.3) is 0 Å². The molecule has 1 fully saturated rings. The first-order valence-electron chi connectivity index (χ1n) is 5.63. The summed E-state index contributed by atoms with van der Waals surface area (Å²) in [5.74, 6) is 0.211. The van der Waals surface area contributed by atoms with E-state index in [9.17, 15) is 4.39 Å². The monoisotopic (exact) mass is 299 g/mol. The van der Waals surface area contributed by atoms with Gasteiger partial charge in [0.1, 0.15) is 18.2 Å². The van der Waals surface area contributed by atoms with Crippen LogP contribution in [-0.4, -0.2) is 19.2 Å².